The van der Waals surface area contributed by atoms with Crippen LogP contribution in [0.5, 0.6) is 0 Å². The van der Waals surface area contributed by atoms with Gasteiger partial charge in [-0.2, -0.15) is 0 Å². The molecular formula is C12H25BrO. The Morgan fingerprint density at radius 2 is 1.71 bits per heavy atom. The fourth-order valence-corrected chi connectivity index (χ4v) is 1.36. The quantitative estimate of drug-likeness (QED) is 0.443. The van der Waals surface area contributed by atoms with Crippen molar-refractivity contribution in [1.29, 1.82) is 0 Å². The first-order valence-corrected chi connectivity index (χ1v) is 6.88. The molecule has 0 bridgehead atoms. The van der Waals surface area contributed by atoms with Gasteiger partial charge in [-0.05, 0) is 11.8 Å². The molecule has 0 aliphatic rings. The van der Waals surface area contributed by atoms with Crippen molar-refractivity contribution in [3.8, 4) is 0 Å². The zero-order valence-corrected chi connectivity index (χ0v) is 11.5. The molecule has 0 saturated carbocycles. The van der Waals surface area contributed by atoms with E-state index in [4.69, 9.17) is 4.74 Å². The smallest absolute Gasteiger partial charge is 0.0525 e. The van der Waals surface area contributed by atoms with Crippen LogP contribution in [0.3, 0.4) is 0 Å². The third kappa shape index (κ3) is 9.01. The van der Waals surface area contributed by atoms with Crippen LogP contribution in [-0.4, -0.2) is 18.5 Å². The molecule has 0 rings (SSSR count). The zero-order chi connectivity index (χ0) is 10.9. The van der Waals surface area contributed by atoms with E-state index in [2.05, 4.69) is 36.7 Å². The lowest BCUT2D eigenvalue weighted by Crippen LogP contribution is -2.21. The van der Waals surface area contributed by atoms with Gasteiger partial charge in [-0.15, -0.1) is 0 Å². The fourth-order valence-electron chi connectivity index (χ4n) is 1.19. The number of unbranched alkanes of at least 4 members (excludes halogenated alkanes) is 4. The number of rotatable bonds is 9. The standard InChI is InChI=1S/C12H25BrO/c1-4-5-6-7-8-9-14-11-12(2,3)10-13/h4-11H2,1-3H3. The summed E-state index contributed by atoms with van der Waals surface area (Å²) in [5.74, 6) is 0. The molecule has 0 aliphatic carbocycles. The second-order valence-electron chi connectivity index (χ2n) is 4.76. The first-order valence-electron chi connectivity index (χ1n) is 5.76. The van der Waals surface area contributed by atoms with E-state index in [1.807, 2.05) is 0 Å². The lowest BCUT2D eigenvalue weighted by Gasteiger charge is -2.21. The molecule has 0 aromatic rings. The van der Waals surface area contributed by atoms with E-state index in [0.29, 0.717) is 0 Å². The molecule has 0 aromatic heterocycles. The summed E-state index contributed by atoms with van der Waals surface area (Å²) in [5.41, 5.74) is 0.281. The van der Waals surface area contributed by atoms with Gasteiger partial charge in [0.15, 0.2) is 0 Å². The minimum absolute atomic E-state index is 0.281. The van der Waals surface area contributed by atoms with Crippen LogP contribution >= 0.6 is 15.9 Å². The van der Waals surface area contributed by atoms with Crippen LogP contribution in [0.25, 0.3) is 0 Å². The monoisotopic (exact) mass is 264 g/mol. The highest BCUT2D eigenvalue weighted by atomic mass is 79.9. The third-order valence-electron chi connectivity index (χ3n) is 2.25. The van der Waals surface area contributed by atoms with E-state index in [1.165, 1.54) is 32.1 Å². The van der Waals surface area contributed by atoms with Gasteiger partial charge in [0.05, 0.1) is 6.61 Å². The van der Waals surface area contributed by atoms with Crippen molar-refractivity contribution in [1.82, 2.24) is 0 Å². The third-order valence-corrected chi connectivity index (χ3v) is 3.76. The second-order valence-corrected chi connectivity index (χ2v) is 5.33. The number of hydrogen-bond acceptors (Lipinski definition) is 1. The Morgan fingerprint density at radius 1 is 1.07 bits per heavy atom. The van der Waals surface area contributed by atoms with Crippen LogP contribution in [0.15, 0.2) is 0 Å². The Morgan fingerprint density at radius 3 is 2.29 bits per heavy atom. The Balaban J connectivity index is 3.13. The lowest BCUT2D eigenvalue weighted by molar-refractivity contribution is 0.0712. The van der Waals surface area contributed by atoms with Crippen molar-refractivity contribution < 1.29 is 4.74 Å². The van der Waals surface area contributed by atoms with Gasteiger partial charge in [0.2, 0.25) is 0 Å². The molecular weight excluding hydrogens is 240 g/mol. The maximum atomic E-state index is 5.64. The van der Waals surface area contributed by atoms with Crippen molar-refractivity contribution in [3.63, 3.8) is 0 Å². The Bertz CT molecular complexity index is 123. The predicted octanol–water partition coefficient (Wildman–Crippen LogP) is 4.39. The first kappa shape index (κ1) is 14.4. The van der Waals surface area contributed by atoms with Gasteiger partial charge >= 0.3 is 0 Å². The summed E-state index contributed by atoms with van der Waals surface area (Å²) < 4.78 is 5.64. The van der Waals surface area contributed by atoms with Crippen molar-refractivity contribution >= 4 is 15.9 Å². The summed E-state index contributed by atoms with van der Waals surface area (Å²) in [4.78, 5) is 0. The Kier molecular flexibility index (Phi) is 9.00. The van der Waals surface area contributed by atoms with Gasteiger partial charge in [0, 0.05) is 11.9 Å². The average Bonchev–Trinajstić information content (AvgIpc) is 2.16. The number of ether oxygens (including phenoxy) is 1. The molecule has 0 heterocycles. The molecule has 86 valence electrons. The minimum atomic E-state index is 0.281. The summed E-state index contributed by atoms with van der Waals surface area (Å²) in [6, 6.07) is 0. The largest absolute Gasteiger partial charge is 0.381 e. The molecule has 0 saturated heterocycles. The van der Waals surface area contributed by atoms with Crippen LogP contribution in [0, 0.1) is 5.41 Å². The summed E-state index contributed by atoms with van der Waals surface area (Å²) in [5, 5.41) is 1.01. The normalized spacial score (nSPS) is 12.0. The van der Waals surface area contributed by atoms with Crippen LogP contribution < -0.4 is 0 Å². The van der Waals surface area contributed by atoms with Crippen molar-refractivity contribution in [2.45, 2.75) is 52.9 Å². The van der Waals surface area contributed by atoms with Gasteiger partial charge in [0.25, 0.3) is 0 Å². The van der Waals surface area contributed by atoms with Gasteiger partial charge in [-0.25, -0.2) is 0 Å². The summed E-state index contributed by atoms with van der Waals surface area (Å²) in [6.45, 7) is 8.48. The molecule has 0 amide bonds. The van der Waals surface area contributed by atoms with E-state index in [9.17, 15) is 0 Å². The molecule has 0 radical (unpaired) electrons. The molecule has 0 aliphatic heterocycles. The van der Waals surface area contributed by atoms with Crippen molar-refractivity contribution in [2.75, 3.05) is 18.5 Å². The molecule has 2 heteroatoms. The van der Waals surface area contributed by atoms with Crippen LogP contribution in [0.2, 0.25) is 0 Å². The number of alkyl halides is 1. The fraction of sp³-hybridized carbons (Fsp3) is 1.00. The van der Waals surface area contributed by atoms with Gasteiger partial charge in [0.1, 0.15) is 0 Å². The Hall–Kier alpha value is 0.440. The van der Waals surface area contributed by atoms with Gasteiger partial charge < -0.3 is 4.74 Å². The SMILES string of the molecule is CCCCCCCOCC(C)(C)CBr. The van der Waals surface area contributed by atoms with Gasteiger partial charge in [-0.3, -0.25) is 0 Å². The van der Waals surface area contributed by atoms with E-state index in [1.54, 1.807) is 0 Å². The summed E-state index contributed by atoms with van der Waals surface area (Å²) in [6.07, 6.45) is 6.59. The highest BCUT2D eigenvalue weighted by Crippen LogP contribution is 2.18. The minimum Gasteiger partial charge on any atom is -0.381 e. The molecule has 0 fully saturated rings. The van der Waals surface area contributed by atoms with E-state index in [-0.39, 0.29) is 5.41 Å². The van der Waals surface area contributed by atoms with E-state index in [0.717, 1.165) is 18.5 Å². The molecule has 14 heavy (non-hydrogen) atoms. The summed E-state index contributed by atoms with van der Waals surface area (Å²) in [7, 11) is 0. The topological polar surface area (TPSA) is 9.23 Å². The van der Waals surface area contributed by atoms with Crippen LogP contribution in [-0.2, 0) is 4.74 Å². The maximum absolute atomic E-state index is 5.64. The average molecular weight is 265 g/mol. The molecule has 0 unspecified atom stereocenters. The number of halogens is 1. The molecule has 1 nitrogen and oxygen atoms in total. The highest BCUT2D eigenvalue weighted by molar-refractivity contribution is 9.09. The predicted molar refractivity (Wildman–Crippen MR) is 67.2 cm³/mol. The van der Waals surface area contributed by atoms with Crippen LogP contribution in [0.1, 0.15) is 52.9 Å². The molecule has 0 spiro atoms. The maximum Gasteiger partial charge on any atom is 0.0525 e. The Labute approximate surface area is 97.7 Å². The first-order chi connectivity index (χ1) is 6.62. The van der Waals surface area contributed by atoms with Crippen LogP contribution in [0.4, 0.5) is 0 Å². The zero-order valence-electron chi connectivity index (χ0n) is 9.94. The highest BCUT2D eigenvalue weighted by Gasteiger charge is 2.15. The molecule has 0 atom stereocenters. The molecule has 0 aromatic carbocycles. The van der Waals surface area contributed by atoms with Crippen molar-refractivity contribution in [3.05, 3.63) is 0 Å². The second kappa shape index (κ2) is 8.72. The van der Waals surface area contributed by atoms with E-state index >= 15 is 0 Å². The number of hydrogen-bond donors (Lipinski definition) is 0. The van der Waals surface area contributed by atoms with Crippen molar-refractivity contribution in [2.24, 2.45) is 5.41 Å². The lowest BCUT2D eigenvalue weighted by atomic mass is 9.98. The molecule has 0 N–H and O–H groups in total. The van der Waals surface area contributed by atoms with Gasteiger partial charge in [-0.1, -0.05) is 62.4 Å². The summed E-state index contributed by atoms with van der Waals surface area (Å²) >= 11 is 3.49. The van der Waals surface area contributed by atoms with E-state index < -0.39 is 0 Å².